The minimum absolute atomic E-state index is 0.144. The van der Waals surface area contributed by atoms with Gasteiger partial charge in [-0.3, -0.25) is 9.89 Å². The molecule has 0 spiro atoms. The Morgan fingerprint density at radius 2 is 1.96 bits per heavy atom. The first-order valence-corrected chi connectivity index (χ1v) is 8.19. The molecule has 25 heavy (non-hydrogen) atoms. The van der Waals surface area contributed by atoms with Crippen LogP contribution in [-0.4, -0.2) is 34.7 Å². The fraction of sp³-hybridized carbons (Fsp3) is 0.211. The standard InChI is InChI=1S/C19H21N5O/c1-4-24(3)17-10-8-14(9-11-17)19(25)21-16-7-5-6-15(12-16)18-20-13(2)22-23-18/h5-12H,4H2,1-3H3,(H,21,25)(H,20,22,23). The zero-order valence-corrected chi connectivity index (χ0v) is 14.6. The molecule has 3 rings (SSSR count). The van der Waals surface area contributed by atoms with E-state index in [9.17, 15) is 4.79 Å². The first kappa shape index (κ1) is 16.7. The van der Waals surface area contributed by atoms with E-state index < -0.39 is 0 Å². The second-order valence-corrected chi connectivity index (χ2v) is 5.84. The monoisotopic (exact) mass is 335 g/mol. The summed E-state index contributed by atoms with van der Waals surface area (Å²) in [5.74, 6) is 1.22. The minimum Gasteiger partial charge on any atom is -0.375 e. The van der Waals surface area contributed by atoms with Crippen LogP contribution in [0, 0.1) is 6.92 Å². The van der Waals surface area contributed by atoms with Gasteiger partial charge < -0.3 is 10.2 Å². The van der Waals surface area contributed by atoms with E-state index in [0.29, 0.717) is 17.1 Å². The zero-order chi connectivity index (χ0) is 17.8. The largest absolute Gasteiger partial charge is 0.375 e. The first-order valence-electron chi connectivity index (χ1n) is 8.19. The second kappa shape index (κ2) is 7.17. The highest BCUT2D eigenvalue weighted by atomic mass is 16.1. The lowest BCUT2D eigenvalue weighted by Gasteiger charge is -2.16. The molecule has 0 aliphatic carbocycles. The zero-order valence-electron chi connectivity index (χ0n) is 14.6. The Hall–Kier alpha value is -3.15. The van der Waals surface area contributed by atoms with E-state index in [2.05, 4.69) is 32.3 Å². The predicted molar refractivity (Wildman–Crippen MR) is 99.9 cm³/mol. The van der Waals surface area contributed by atoms with E-state index in [0.717, 1.165) is 23.6 Å². The number of aromatic amines is 1. The lowest BCUT2D eigenvalue weighted by atomic mass is 10.1. The van der Waals surface area contributed by atoms with Gasteiger partial charge in [0.15, 0.2) is 5.82 Å². The molecule has 1 aromatic heterocycles. The average molecular weight is 335 g/mol. The maximum atomic E-state index is 12.5. The van der Waals surface area contributed by atoms with Crippen LogP contribution >= 0.6 is 0 Å². The smallest absolute Gasteiger partial charge is 0.255 e. The van der Waals surface area contributed by atoms with Crippen molar-refractivity contribution < 1.29 is 4.79 Å². The molecule has 128 valence electrons. The van der Waals surface area contributed by atoms with Crippen LogP contribution in [0.4, 0.5) is 11.4 Å². The summed E-state index contributed by atoms with van der Waals surface area (Å²) in [5.41, 5.74) is 3.26. The number of nitrogens with zero attached hydrogens (tertiary/aromatic N) is 3. The van der Waals surface area contributed by atoms with E-state index >= 15 is 0 Å². The van der Waals surface area contributed by atoms with Gasteiger partial charge in [-0.05, 0) is 50.2 Å². The molecule has 1 amide bonds. The van der Waals surface area contributed by atoms with Crippen molar-refractivity contribution in [1.29, 1.82) is 0 Å². The molecule has 0 atom stereocenters. The van der Waals surface area contributed by atoms with Crippen LogP contribution < -0.4 is 10.2 Å². The van der Waals surface area contributed by atoms with Crippen molar-refractivity contribution in [3.8, 4) is 11.4 Å². The van der Waals surface area contributed by atoms with Crippen molar-refractivity contribution >= 4 is 17.3 Å². The van der Waals surface area contributed by atoms with Gasteiger partial charge in [0.05, 0.1) is 0 Å². The van der Waals surface area contributed by atoms with Crippen LogP contribution in [-0.2, 0) is 0 Å². The fourth-order valence-corrected chi connectivity index (χ4v) is 2.46. The van der Waals surface area contributed by atoms with E-state index in [1.54, 1.807) is 0 Å². The van der Waals surface area contributed by atoms with E-state index in [1.807, 2.05) is 62.5 Å². The summed E-state index contributed by atoms with van der Waals surface area (Å²) in [5, 5.41) is 9.88. The Kier molecular flexibility index (Phi) is 4.79. The third-order valence-corrected chi connectivity index (χ3v) is 4.02. The third-order valence-electron chi connectivity index (χ3n) is 4.02. The Labute approximate surface area is 146 Å². The van der Waals surface area contributed by atoms with Gasteiger partial charge in [-0.15, -0.1) is 0 Å². The molecule has 0 aliphatic rings. The number of aromatic nitrogens is 3. The molecule has 0 radical (unpaired) electrons. The van der Waals surface area contributed by atoms with Crippen molar-refractivity contribution in [3.63, 3.8) is 0 Å². The van der Waals surface area contributed by atoms with Crippen LogP contribution in [0.25, 0.3) is 11.4 Å². The number of benzene rings is 2. The van der Waals surface area contributed by atoms with Crippen molar-refractivity contribution in [2.75, 3.05) is 23.8 Å². The van der Waals surface area contributed by atoms with E-state index in [1.165, 1.54) is 0 Å². The molecule has 6 heteroatoms. The number of rotatable bonds is 5. The maximum absolute atomic E-state index is 12.5. The molecule has 2 N–H and O–H groups in total. The molecule has 3 aromatic rings. The number of amides is 1. The van der Waals surface area contributed by atoms with Gasteiger partial charge in [-0.25, -0.2) is 4.98 Å². The van der Waals surface area contributed by atoms with Crippen LogP contribution in [0.1, 0.15) is 23.1 Å². The van der Waals surface area contributed by atoms with E-state index in [-0.39, 0.29) is 5.91 Å². The number of aryl methyl sites for hydroxylation is 1. The summed E-state index contributed by atoms with van der Waals surface area (Å²) in [6.45, 7) is 4.85. The van der Waals surface area contributed by atoms with Crippen molar-refractivity contribution in [1.82, 2.24) is 15.2 Å². The SMILES string of the molecule is CCN(C)c1ccc(C(=O)Nc2cccc(-c3n[nH]c(C)n3)c2)cc1. The average Bonchev–Trinajstić information content (AvgIpc) is 3.08. The number of carbonyl (C=O) groups is 1. The number of hydrogen-bond acceptors (Lipinski definition) is 4. The minimum atomic E-state index is -0.144. The highest BCUT2D eigenvalue weighted by Crippen LogP contribution is 2.20. The van der Waals surface area contributed by atoms with Gasteiger partial charge in [0.1, 0.15) is 5.82 Å². The van der Waals surface area contributed by atoms with Crippen molar-refractivity contribution in [2.45, 2.75) is 13.8 Å². The lowest BCUT2D eigenvalue weighted by molar-refractivity contribution is 0.102. The van der Waals surface area contributed by atoms with Crippen LogP contribution in [0.15, 0.2) is 48.5 Å². The molecule has 0 aliphatic heterocycles. The van der Waals surface area contributed by atoms with Crippen LogP contribution in [0.5, 0.6) is 0 Å². The van der Waals surface area contributed by atoms with Gasteiger partial charge >= 0.3 is 0 Å². The summed E-state index contributed by atoms with van der Waals surface area (Å²) in [7, 11) is 2.02. The second-order valence-electron chi connectivity index (χ2n) is 5.84. The summed E-state index contributed by atoms with van der Waals surface area (Å²) in [6.07, 6.45) is 0. The Bertz CT molecular complexity index is 870. The van der Waals surface area contributed by atoms with Gasteiger partial charge in [-0.2, -0.15) is 5.10 Å². The Balaban J connectivity index is 1.75. The number of anilines is 2. The van der Waals surface area contributed by atoms with Crippen molar-refractivity contribution in [2.24, 2.45) is 0 Å². The molecule has 2 aromatic carbocycles. The molecular weight excluding hydrogens is 314 g/mol. The number of carbonyl (C=O) groups excluding carboxylic acids is 1. The van der Waals surface area contributed by atoms with Gasteiger partial charge in [0, 0.05) is 36.1 Å². The number of nitrogens with one attached hydrogen (secondary N) is 2. The van der Waals surface area contributed by atoms with Crippen LogP contribution in [0.3, 0.4) is 0 Å². The van der Waals surface area contributed by atoms with Gasteiger partial charge in [0.2, 0.25) is 0 Å². The molecule has 6 nitrogen and oxygen atoms in total. The summed E-state index contributed by atoms with van der Waals surface area (Å²) >= 11 is 0. The molecule has 0 saturated heterocycles. The molecule has 0 saturated carbocycles. The van der Waals surface area contributed by atoms with E-state index in [4.69, 9.17) is 0 Å². The summed E-state index contributed by atoms with van der Waals surface area (Å²) in [6, 6.07) is 15.1. The summed E-state index contributed by atoms with van der Waals surface area (Å²) in [4.78, 5) is 18.9. The van der Waals surface area contributed by atoms with Gasteiger partial charge in [-0.1, -0.05) is 12.1 Å². The highest BCUT2D eigenvalue weighted by molar-refractivity contribution is 6.04. The molecule has 0 bridgehead atoms. The fourth-order valence-electron chi connectivity index (χ4n) is 2.46. The number of hydrogen-bond donors (Lipinski definition) is 2. The lowest BCUT2D eigenvalue weighted by Crippen LogP contribution is -2.16. The Morgan fingerprint density at radius 3 is 2.60 bits per heavy atom. The predicted octanol–water partition coefficient (Wildman–Crippen LogP) is 3.49. The topological polar surface area (TPSA) is 73.9 Å². The maximum Gasteiger partial charge on any atom is 0.255 e. The molecular formula is C19H21N5O. The van der Waals surface area contributed by atoms with Crippen molar-refractivity contribution in [3.05, 3.63) is 59.9 Å². The Morgan fingerprint density at radius 1 is 1.20 bits per heavy atom. The highest BCUT2D eigenvalue weighted by Gasteiger charge is 2.09. The van der Waals surface area contributed by atoms with Crippen LogP contribution in [0.2, 0.25) is 0 Å². The molecule has 1 heterocycles. The summed E-state index contributed by atoms with van der Waals surface area (Å²) < 4.78 is 0. The normalized spacial score (nSPS) is 10.5. The molecule has 0 fully saturated rings. The van der Waals surface area contributed by atoms with Gasteiger partial charge in [0.25, 0.3) is 5.91 Å². The first-order chi connectivity index (χ1) is 12.1. The number of H-pyrrole nitrogens is 1. The quantitative estimate of drug-likeness (QED) is 0.748. The third kappa shape index (κ3) is 3.85. The molecule has 0 unspecified atom stereocenters.